The Morgan fingerprint density at radius 2 is 1.68 bits per heavy atom. The molecular weight excluding hydrogens is 340 g/mol. The number of rotatable bonds is 4. The monoisotopic (exact) mass is 348 g/mol. The summed E-state index contributed by atoms with van der Waals surface area (Å²) < 4.78 is 22.7. The van der Waals surface area contributed by atoms with Gasteiger partial charge in [0.25, 0.3) is 9.05 Å². The predicted octanol–water partition coefficient (Wildman–Crippen LogP) is 4.70. The molecule has 0 atom stereocenters. The Hall–Kier alpha value is -0.270. The summed E-state index contributed by atoms with van der Waals surface area (Å²) in [6.07, 6.45) is 0. The van der Waals surface area contributed by atoms with E-state index in [1.54, 1.807) is 12.1 Å². The Balaban J connectivity index is 2.43. The molecule has 0 aliphatic heterocycles. The number of benzene rings is 2. The van der Waals surface area contributed by atoms with Gasteiger partial charge >= 0.3 is 0 Å². The van der Waals surface area contributed by atoms with Crippen LogP contribution in [0.25, 0.3) is 0 Å². The fourth-order valence-electron chi connectivity index (χ4n) is 1.41. The largest absolute Gasteiger partial charge is 0.261 e. The van der Waals surface area contributed by atoms with Crippen molar-refractivity contribution in [3.05, 3.63) is 48.5 Å². The van der Waals surface area contributed by atoms with Crippen LogP contribution in [0.1, 0.15) is 0 Å². The first-order valence-electron chi connectivity index (χ1n) is 5.14. The number of halogens is 1. The SMILES string of the molecule is O=S(=O)(Cl)c1ccc(SS)c(Sc2ccccc2)c1. The van der Waals surface area contributed by atoms with E-state index < -0.39 is 9.05 Å². The summed E-state index contributed by atoms with van der Waals surface area (Å²) in [6.45, 7) is 0. The highest BCUT2D eigenvalue weighted by molar-refractivity contribution is 8.68. The average Bonchev–Trinajstić information content (AvgIpc) is 2.39. The standard InChI is InChI=1S/C12H9ClO2S4/c13-19(14,15)10-6-7-11(18-16)12(8-10)17-9-4-2-1-3-5-9/h1-8,16H. The molecule has 0 aromatic heterocycles. The van der Waals surface area contributed by atoms with E-state index in [0.29, 0.717) is 0 Å². The maximum atomic E-state index is 11.4. The Bertz CT molecular complexity index is 671. The van der Waals surface area contributed by atoms with Gasteiger partial charge in [0.2, 0.25) is 0 Å². The van der Waals surface area contributed by atoms with Gasteiger partial charge in [-0.05, 0) is 30.3 Å². The molecule has 2 rings (SSSR count). The molecule has 2 aromatic rings. The van der Waals surface area contributed by atoms with Gasteiger partial charge in [-0.2, -0.15) is 0 Å². The van der Waals surface area contributed by atoms with Crippen LogP contribution in [0, 0.1) is 0 Å². The van der Waals surface area contributed by atoms with Crippen LogP contribution in [-0.4, -0.2) is 8.42 Å². The highest BCUT2D eigenvalue weighted by Crippen LogP contribution is 2.38. The van der Waals surface area contributed by atoms with E-state index in [1.807, 2.05) is 30.3 Å². The summed E-state index contributed by atoms with van der Waals surface area (Å²) in [6, 6.07) is 14.5. The third kappa shape index (κ3) is 4.10. The molecule has 7 heteroatoms. The molecular formula is C12H9ClO2S4. The minimum atomic E-state index is -3.72. The van der Waals surface area contributed by atoms with Gasteiger partial charge in [0.1, 0.15) is 0 Å². The van der Waals surface area contributed by atoms with E-state index in [1.165, 1.54) is 28.6 Å². The smallest absolute Gasteiger partial charge is 0.207 e. The van der Waals surface area contributed by atoms with Crippen molar-refractivity contribution in [3.8, 4) is 0 Å². The maximum Gasteiger partial charge on any atom is 0.261 e. The van der Waals surface area contributed by atoms with Crippen LogP contribution < -0.4 is 0 Å². The molecule has 0 aliphatic rings. The molecule has 0 heterocycles. The Morgan fingerprint density at radius 3 is 2.26 bits per heavy atom. The molecule has 0 radical (unpaired) electrons. The summed E-state index contributed by atoms with van der Waals surface area (Å²) >= 11 is 5.65. The zero-order valence-corrected chi connectivity index (χ0v) is 13.6. The summed E-state index contributed by atoms with van der Waals surface area (Å²) in [5.74, 6) is 0. The second-order valence-electron chi connectivity index (χ2n) is 3.55. The third-order valence-corrected chi connectivity index (χ3v) is 5.96. The van der Waals surface area contributed by atoms with Crippen molar-refractivity contribution in [3.63, 3.8) is 0 Å². The lowest BCUT2D eigenvalue weighted by Gasteiger charge is -2.08. The zero-order chi connectivity index (χ0) is 13.9. The van der Waals surface area contributed by atoms with Crippen LogP contribution in [0.2, 0.25) is 0 Å². The van der Waals surface area contributed by atoms with E-state index in [2.05, 4.69) is 11.7 Å². The summed E-state index contributed by atoms with van der Waals surface area (Å²) in [5, 5.41) is 0. The lowest BCUT2D eigenvalue weighted by Crippen LogP contribution is -1.91. The molecule has 0 saturated heterocycles. The van der Waals surface area contributed by atoms with E-state index >= 15 is 0 Å². The van der Waals surface area contributed by atoms with E-state index in [9.17, 15) is 8.42 Å². The normalized spacial score (nSPS) is 11.5. The average molecular weight is 349 g/mol. The minimum Gasteiger partial charge on any atom is -0.207 e. The van der Waals surface area contributed by atoms with Crippen molar-refractivity contribution < 1.29 is 8.42 Å². The maximum absolute atomic E-state index is 11.4. The minimum absolute atomic E-state index is 0.0960. The molecule has 2 aromatic carbocycles. The number of hydrogen-bond acceptors (Lipinski definition) is 5. The van der Waals surface area contributed by atoms with Gasteiger partial charge in [-0.1, -0.05) is 40.8 Å². The Kier molecular flexibility index (Phi) is 5.14. The van der Waals surface area contributed by atoms with Crippen molar-refractivity contribution in [2.24, 2.45) is 0 Å². The molecule has 0 spiro atoms. The Morgan fingerprint density at radius 1 is 1.00 bits per heavy atom. The van der Waals surface area contributed by atoms with Crippen LogP contribution in [-0.2, 0) is 9.05 Å². The van der Waals surface area contributed by atoms with Gasteiger partial charge in [-0.15, -0.1) is 11.7 Å². The summed E-state index contributed by atoms with van der Waals surface area (Å²) in [7, 11) is 2.92. The highest BCUT2D eigenvalue weighted by atomic mass is 35.7. The van der Waals surface area contributed by atoms with Crippen LogP contribution in [0.3, 0.4) is 0 Å². The van der Waals surface area contributed by atoms with Gasteiger partial charge in [0.15, 0.2) is 0 Å². The first kappa shape index (κ1) is 15.1. The molecule has 0 aliphatic carbocycles. The summed E-state index contributed by atoms with van der Waals surface area (Å²) in [5.41, 5.74) is 0. The molecule has 0 bridgehead atoms. The van der Waals surface area contributed by atoms with Crippen molar-refractivity contribution in [1.29, 1.82) is 0 Å². The molecule has 19 heavy (non-hydrogen) atoms. The topological polar surface area (TPSA) is 34.1 Å². The molecule has 0 N–H and O–H groups in total. The first-order valence-corrected chi connectivity index (χ1v) is 10.1. The molecule has 0 fully saturated rings. The van der Waals surface area contributed by atoms with Gasteiger partial charge < -0.3 is 0 Å². The molecule has 0 unspecified atom stereocenters. The van der Waals surface area contributed by atoms with Gasteiger partial charge in [0, 0.05) is 25.4 Å². The van der Waals surface area contributed by atoms with Gasteiger partial charge in [-0.25, -0.2) is 8.42 Å². The van der Waals surface area contributed by atoms with E-state index in [0.717, 1.165) is 14.7 Å². The lowest BCUT2D eigenvalue weighted by atomic mass is 10.4. The fraction of sp³-hybridized carbons (Fsp3) is 0. The number of thiol groups is 1. The summed E-state index contributed by atoms with van der Waals surface area (Å²) in [4.78, 5) is 2.82. The second kappa shape index (κ2) is 6.45. The fourth-order valence-corrected chi connectivity index (χ4v) is 4.35. The molecule has 0 saturated carbocycles. The quantitative estimate of drug-likeness (QED) is 0.493. The van der Waals surface area contributed by atoms with Crippen molar-refractivity contribution in [1.82, 2.24) is 0 Å². The van der Waals surface area contributed by atoms with Crippen molar-refractivity contribution in [2.45, 2.75) is 19.6 Å². The van der Waals surface area contributed by atoms with Crippen LogP contribution in [0.5, 0.6) is 0 Å². The van der Waals surface area contributed by atoms with Crippen molar-refractivity contribution >= 4 is 53.9 Å². The van der Waals surface area contributed by atoms with Crippen LogP contribution in [0.15, 0.2) is 68.1 Å². The third-order valence-electron chi connectivity index (χ3n) is 2.27. The van der Waals surface area contributed by atoms with Crippen LogP contribution in [0.4, 0.5) is 0 Å². The molecule has 100 valence electrons. The molecule has 2 nitrogen and oxygen atoms in total. The lowest BCUT2D eigenvalue weighted by molar-refractivity contribution is 0.609. The van der Waals surface area contributed by atoms with Gasteiger partial charge in [0.05, 0.1) is 4.90 Å². The number of hydrogen-bond donors (Lipinski definition) is 1. The van der Waals surface area contributed by atoms with Crippen molar-refractivity contribution in [2.75, 3.05) is 0 Å². The van der Waals surface area contributed by atoms with Crippen LogP contribution >= 0.6 is 44.9 Å². The zero-order valence-electron chi connectivity index (χ0n) is 9.49. The predicted molar refractivity (Wildman–Crippen MR) is 84.9 cm³/mol. The van der Waals surface area contributed by atoms with E-state index in [4.69, 9.17) is 10.7 Å². The second-order valence-corrected chi connectivity index (χ2v) is 8.40. The molecule has 0 amide bonds. The van der Waals surface area contributed by atoms with Gasteiger partial charge in [-0.3, -0.25) is 0 Å². The highest BCUT2D eigenvalue weighted by Gasteiger charge is 2.13. The first-order chi connectivity index (χ1) is 9.00. The Labute approximate surface area is 130 Å². The van der Waals surface area contributed by atoms with E-state index in [-0.39, 0.29) is 4.90 Å².